The van der Waals surface area contributed by atoms with E-state index in [2.05, 4.69) is 35.5 Å². The third-order valence-corrected chi connectivity index (χ3v) is 6.09. The van der Waals surface area contributed by atoms with Gasteiger partial charge >= 0.3 is 0 Å². The van der Waals surface area contributed by atoms with E-state index in [-0.39, 0.29) is 11.8 Å². The van der Waals surface area contributed by atoms with Crippen LogP contribution in [-0.2, 0) is 4.79 Å². The maximum absolute atomic E-state index is 12.2. The summed E-state index contributed by atoms with van der Waals surface area (Å²) in [6.45, 7) is 4.02. The molecule has 0 unspecified atom stereocenters. The number of amides is 1. The number of benzene rings is 1. The van der Waals surface area contributed by atoms with Gasteiger partial charge in [0.2, 0.25) is 5.91 Å². The Morgan fingerprint density at radius 3 is 2.68 bits per heavy atom. The van der Waals surface area contributed by atoms with Crippen LogP contribution in [0.3, 0.4) is 0 Å². The predicted octanol–water partition coefficient (Wildman–Crippen LogP) is 5.61. The Hall–Kier alpha value is -4.92. The molecule has 6 aromatic rings. The monoisotopic (exact) mass is 488 g/mol. The van der Waals surface area contributed by atoms with Gasteiger partial charge in [-0.2, -0.15) is 5.10 Å². The molecule has 0 bridgehead atoms. The van der Waals surface area contributed by atoms with Crippen LogP contribution in [0.1, 0.15) is 20.3 Å². The molecular formula is C28H24N8O. The molecule has 0 saturated heterocycles. The number of fused-ring (bicyclic) bond motifs is 2. The SMILES string of the molecule is CC(C)CC(=O)Nc1cncc(-c2cc3c(-c4nc5c(-c6ccncc6)cccc5[nH]4)n[nH]c3cn2)c1. The van der Waals surface area contributed by atoms with Crippen LogP contribution in [0.5, 0.6) is 0 Å². The molecule has 1 amide bonds. The number of aromatic nitrogens is 7. The van der Waals surface area contributed by atoms with E-state index >= 15 is 0 Å². The van der Waals surface area contributed by atoms with Gasteiger partial charge in [0.25, 0.3) is 0 Å². The van der Waals surface area contributed by atoms with Gasteiger partial charge in [-0.1, -0.05) is 26.0 Å². The number of para-hydroxylation sites is 1. The van der Waals surface area contributed by atoms with Gasteiger partial charge in [-0.15, -0.1) is 0 Å². The zero-order chi connectivity index (χ0) is 25.4. The van der Waals surface area contributed by atoms with Crippen LogP contribution in [-0.4, -0.2) is 41.0 Å². The van der Waals surface area contributed by atoms with Gasteiger partial charge in [0.05, 0.1) is 40.3 Å². The van der Waals surface area contributed by atoms with Crippen molar-refractivity contribution in [2.75, 3.05) is 5.32 Å². The second-order valence-corrected chi connectivity index (χ2v) is 9.32. The van der Waals surface area contributed by atoms with Crippen LogP contribution in [0, 0.1) is 5.92 Å². The summed E-state index contributed by atoms with van der Waals surface area (Å²) >= 11 is 0. The largest absolute Gasteiger partial charge is 0.337 e. The summed E-state index contributed by atoms with van der Waals surface area (Å²) in [5, 5.41) is 11.4. The number of nitrogens with one attached hydrogen (secondary N) is 3. The first-order valence-electron chi connectivity index (χ1n) is 12.0. The molecule has 9 heteroatoms. The smallest absolute Gasteiger partial charge is 0.224 e. The van der Waals surface area contributed by atoms with Crippen LogP contribution in [0.25, 0.3) is 55.8 Å². The number of carbonyl (C=O) groups excluding carboxylic acids is 1. The molecule has 0 aliphatic heterocycles. The number of imidazole rings is 1. The van der Waals surface area contributed by atoms with Gasteiger partial charge < -0.3 is 10.3 Å². The van der Waals surface area contributed by atoms with Crippen molar-refractivity contribution in [3.05, 3.63) is 73.4 Å². The summed E-state index contributed by atoms with van der Waals surface area (Å²) in [5.41, 5.74) is 7.49. The first-order chi connectivity index (χ1) is 18.0. The third-order valence-electron chi connectivity index (χ3n) is 6.09. The highest BCUT2D eigenvalue weighted by Crippen LogP contribution is 2.32. The topological polar surface area (TPSA) is 125 Å². The fourth-order valence-corrected chi connectivity index (χ4v) is 4.40. The molecule has 3 N–H and O–H groups in total. The summed E-state index contributed by atoms with van der Waals surface area (Å²) in [6, 6.07) is 13.8. The maximum atomic E-state index is 12.2. The lowest BCUT2D eigenvalue weighted by Crippen LogP contribution is -2.13. The van der Waals surface area contributed by atoms with E-state index in [1.165, 1.54) is 0 Å². The minimum atomic E-state index is -0.0366. The quantitative estimate of drug-likeness (QED) is 0.280. The lowest BCUT2D eigenvalue weighted by atomic mass is 10.1. The minimum absolute atomic E-state index is 0.0366. The maximum Gasteiger partial charge on any atom is 0.224 e. The van der Waals surface area contributed by atoms with E-state index < -0.39 is 0 Å². The Labute approximate surface area is 212 Å². The first kappa shape index (κ1) is 22.5. The van der Waals surface area contributed by atoms with E-state index in [1.54, 1.807) is 31.0 Å². The molecule has 6 rings (SSSR count). The van der Waals surface area contributed by atoms with Crippen LogP contribution in [0.15, 0.2) is 73.4 Å². The van der Waals surface area contributed by atoms with Gasteiger partial charge in [0, 0.05) is 41.5 Å². The number of aromatic amines is 2. The number of nitrogens with zero attached hydrogens (tertiary/aromatic N) is 5. The van der Waals surface area contributed by atoms with Crippen molar-refractivity contribution in [3.63, 3.8) is 0 Å². The Balaban J connectivity index is 1.38. The molecule has 5 heterocycles. The highest BCUT2D eigenvalue weighted by molar-refractivity contribution is 5.98. The zero-order valence-corrected chi connectivity index (χ0v) is 20.4. The van der Waals surface area contributed by atoms with E-state index in [0.29, 0.717) is 23.6 Å². The summed E-state index contributed by atoms with van der Waals surface area (Å²) in [5.74, 6) is 0.900. The molecule has 5 aromatic heterocycles. The highest BCUT2D eigenvalue weighted by Gasteiger charge is 2.16. The molecule has 0 spiro atoms. The normalized spacial score (nSPS) is 11.4. The van der Waals surface area contributed by atoms with Crippen molar-refractivity contribution >= 4 is 33.5 Å². The second-order valence-electron chi connectivity index (χ2n) is 9.32. The van der Waals surface area contributed by atoms with E-state index in [1.807, 2.05) is 56.3 Å². The number of carbonyl (C=O) groups is 1. The molecule has 0 aliphatic carbocycles. The number of anilines is 1. The van der Waals surface area contributed by atoms with Crippen molar-refractivity contribution in [3.8, 4) is 33.9 Å². The lowest BCUT2D eigenvalue weighted by molar-refractivity contribution is -0.116. The van der Waals surface area contributed by atoms with Gasteiger partial charge in [-0.05, 0) is 41.8 Å². The Morgan fingerprint density at radius 2 is 1.84 bits per heavy atom. The zero-order valence-electron chi connectivity index (χ0n) is 20.4. The summed E-state index contributed by atoms with van der Waals surface area (Å²) in [4.78, 5) is 33.6. The van der Waals surface area contributed by atoms with E-state index in [9.17, 15) is 4.79 Å². The summed E-state index contributed by atoms with van der Waals surface area (Å²) in [7, 11) is 0. The Morgan fingerprint density at radius 1 is 0.973 bits per heavy atom. The van der Waals surface area contributed by atoms with Crippen molar-refractivity contribution in [1.82, 2.24) is 35.1 Å². The van der Waals surface area contributed by atoms with Gasteiger partial charge in [0.15, 0.2) is 5.82 Å². The highest BCUT2D eigenvalue weighted by atomic mass is 16.1. The van der Waals surface area contributed by atoms with Crippen molar-refractivity contribution < 1.29 is 4.79 Å². The van der Waals surface area contributed by atoms with E-state index in [0.717, 1.165) is 44.3 Å². The molecule has 1 aromatic carbocycles. The number of hydrogen-bond acceptors (Lipinski definition) is 6. The molecule has 0 fully saturated rings. The van der Waals surface area contributed by atoms with Gasteiger partial charge in [-0.25, -0.2) is 4.98 Å². The molecule has 182 valence electrons. The number of pyridine rings is 3. The van der Waals surface area contributed by atoms with E-state index in [4.69, 9.17) is 4.98 Å². The predicted molar refractivity (Wildman–Crippen MR) is 144 cm³/mol. The molecule has 0 radical (unpaired) electrons. The standard InChI is InChI=1S/C28H24N8O/c1-16(2)10-25(37)32-19-11-18(13-30-14-19)23-12-21-24(15-31-23)35-36-27(21)28-33-22-5-3-4-20(26(22)34-28)17-6-8-29-9-7-17/h3-9,11-16H,10H2,1-2H3,(H,32,37)(H,33,34)(H,35,36). The summed E-state index contributed by atoms with van der Waals surface area (Å²) in [6.07, 6.45) is 9.12. The molecule has 0 aliphatic rings. The fraction of sp³-hybridized carbons (Fsp3) is 0.143. The number of rotatable bonds is 6. The van der Waals surface area contributed by atoms with Crippen LogP contribution in [0.4, 0.5) is 5.69 Å². The molecule has 9 nitrogen and oxygen atoms in total. The van der Waals surface area contributed by atoms with Crippen molar-refractivity contribution in [1.29, 1.82) is 0 Å². The first-order valence-corrected chi connectivity index (χ1v) is 12.0. The van der Waals surface area contributed by atoms with Crippen LogP contribution in [0.2, 0.25) is 0 Å². The average Bonchev–Trinajstić information content (AvgIpc) is 3.52. The Bertz CT molecular complexity index is 1740. The summed E-state index contributed by atoms with van der Waals surface area (Å²) < 4.78 is 0. The fourth-order valence-electron chi connectivity index (χ4n) is 4.40. The average molecular weight is 489 g/mol. The number of hydrogen-bond donors (Lipinski definition) is 3. The lowest BCUT2D eigenvalue weighted by Gasteiger charge is -2.08. The molecular weight excluding hydrogens is 464 g/mol. The molecule has 0 saturated carbocycles. The Kier molecular flexibility index (Phi) is 5.65. The third kappa shape index (κ3) is 4.42. The van der Waals surface area contributed by atoms with Crippen LogP contribution < -0.4 is 5.32 Å². The number of H-pyrrole nitrogens is 2. The van der Waals surface area contributed by atoms with Gasteiger partial charge in [0.1, 0.15) is 5.69 Å². The minimum Gasteiger partial charge on any atom is -0.337 e. The van der Waals surface area contributed by atoms with Crippen molar-refractivity contribution in [2.24, 2.45) is 5.92 Å². The van der Waals surface area contributed by atoms with Crippen LogP contribution >= 0.6 is 0 Å². The van der Waals surface area contributed by atoms with Gasteiger partial charge in [-0.3, -0.25) is 24.8 Å². The molecule has 37 heavy (non-hydrogen) atoms. The second kappa shape index (κ2) is 9.27. The van der Waals surface area contributed by atoms with Crippen molar-refractivity contribution in [2.45, 2.75) is 20.3 Å². The molecule has 0 atom stereocenters.